The van der Waals surface area contributed by atoms with Crippen molar-refractivity contribution in [3.8, 4) is 16.9 Å². The van der Waals surface area contributed by atoms with Gasteiger partial charge in [0.1, 0.15) is 17.4 Å². The number of hydrogen-bond donors (Lipinski definition) is 2. The standard InChI is InChI=1S/C40H35BrF2N2O4/c41-36-10-5-4-9-32(36)26-40(39(47)44-20-19-27-23-33(42)25-34(43)24-27)37(30-13-11-29(12-14-30)28-7-2-1-3-8-28)49-38(45-40)31-15-17-35(18-16-31)48-22-6-21-46/h1-5,7-18,23-25,37,46H,6,19-22,26H2,(H,44,47)/t37-,40-/m1/s1. The van der Waals surface area contributed by atoms with Crippen LogP contribution in [-0.4, -0.2) is 42.2 Å². The maximum atomic E-state index is 14.6. The molecule has 0 aromatic heterocycles. The molecule has 6 nitrogen and oxygen atoms in total. The Morgan fingerprint density at radius 2 is 1.51 bits per heavy atom. The van der Waals surface area contributed by atoms with Gasteiger partial charge in [-0.05, 0) is 76.7 Å². The highest BCUT2D eigenvalue weighted by Gasteiger charge is 2.53. The van der Waals surface area contributed by atoms with Crippen LogP contribution in [0.5, 0.6) is 5.75 Å². The first-order chi connectivity index (χ1) is 23.8. The van der Waals surface area contributed by atoms with Gasteiger partial charge >= 0.3 is 0 Å². The summed E-state index contributed by atoms with van der Waals surface area (Å²) in [6.07, 6.45) is 0.123. The van der Waals surface area contributed by atoms with E-state index in [1.807, 2.05) is 91.0 Å². The molecule has 0 radical (unpaired) electrons. The van der Waals surface area contributed by atoms with Crippen molar-refractivity contribution in [3.63, 3.8) is 0 Å². The minimum atomic E-state index is -1.45. The van der Waals surface area contributed by atoms with Crippen LogP contribution in [-0.2, 0) is 22.4 Å². The summed E-state index contributed by atoms with van der Waals surface area (Å²) in [5, 5.41) is 12.1. The van der Waals surface area contributed by atoms with Crippen LogP contribution in [0, 0.1) is 11.6 Å². The summed E-state index contributed by atoms with van der Waals surface area (Å²) in [5.74, 6) is -0.789. The Hall–Kier alpha value is -4.86. The maximum absolute atomic E-state index is 14.6. The predicted molar refractivity (Wildman–Crippen MR) is 190 cm³/mol. The Bertz CT molecular complexity index is 1900. The number of aliphatic hydroxyl groups is 1. The highest BCUT2D eigenvalue weighted by molar-refractivity contribution is 9.10. The van der Waals surface area contributed by atoms with Crippen molar-refractivity contribution in [1.29, 1.82) is 0 Å². The number of halogens is 3. The molecule has 0 saturated heterocycles. The second kappa shape index (κ2) is 15.6. The van der Waals surface area contributed by atoms with Gasteiger partial charge in [0.2, 0.25) is 5.90 Å². The first-order valence-electron chi connectivity index (χ1n) is 16.1. The second-order valence-electron chi connectivity index (χ2n) is 11.8. The lowest BCUT2D eigenvalue weighted by Gasteiger charge is -2.31. The van der Waals surface area contributed by atoms with Crippen LogP contribution in [0.3, 0.4) is 0 Å². The largest absolute Gasteiger partial charge is 0.494 e. The zero-order chi connectivity index (χ0) is 34.2. The number of aliphatic imine (C=N–C) groups is 1. The molecule has 2 atom stereocenters. The molecule has 5 aromatic rings. The summed E-state index contributed by atoms with van der Waals surface area (Å²) < 4.78 is 41.0. The van der Waals surface area contributed by atoms with E-state index in [0.29, 0.717) is 35.8 Å². The Kier molecular flexibility index (Phi) is 10.8. The van der Waals surface area contributed by atoms with Gasteiger partial charge in [-0.2, -0.15) is 0 Å². The topological polar surface area (TPSA) is 80.2 Å². The van der Waals surface area contributed by atoms with Gasteiger partial charge in [-0.3, -0.25) is 4.79 Å². The van der Waals surface area contributed by atoms with Crippen LogP contribution in [0.15, 0.2) is 131 Å². The van der Waals surface area contributed by atoms with E-state index in [1.54, 1.807) is 12.1 Å². The molecule has 1 amide bonds. The van der Waals surface area contributed by atoms with Crippen molar-refractivity contribution in [2.45, 2.75) is 30.9 Å². The number of amides is 1. The molecule has 2 N–H and O–H groups in total. The number of rotatable bonds is 13. The van der Waals surface area contributed by atoms with Crippen molar-refractivity contribution in [2.75, 3.05) is 19.8 Å². The average molecular weight is 726 g/mol. The van der Waals surface area contributed by atoms with Crippen molar-refractivity contribution in [3.05, 3.63) is 160 Å². The monoisotopic (exact) mass is 724 g/mol. The van der Waals surface area contributed by atoms with Crippen molar-refractivity contribution >= 4 is 27.7 Å². The van der Waals surface area contributed by atoms with Crippen molar-refractivity contribution in [2.24, 2.45) is 4.99 Å². The number of hydrogen-bond acceptors (Lipinski definition) is 5. The van der Waals surface area contributed by atoms with Crippen molar-refractivity contribution < 1.29 is 28.2 Å². The summed E-state index contributed by atoms with van der Waals surface area (Å²) in [4.78, 5) is 19.6. The molecule has 6 rings (SSSR count). The number of nitrogens with zero attached hydrogens (tertiary/aromatic N) is 1. The fourth-order valence-electron chi connectivity index (χ4n) is 5.92. The van der Waals surface area contributed by atoms with Crippen LogP contribution < -0.4 is 10.1 Å². The average Bonchev–Trinajstić information content (AvgIpc) is 3.50. The SMILES string of the molecule is O=C(NCCc1cc(F)cc(F)c1)[C@]1(Cc2ccccc2Br)N=C(c2ccc(OCCCO)cc2)O[C@@H]1c1ccc(-c2ccccc2)cc1. The molecule has 49 heavy (non-hydrogen) atoms. The number of carbonyl (C=O) groups is 1. The molecule has 0 unspecified atom stereocenters. The van der Waals surface area contributed by atoms with E-state index >= 15 is 0 Å². The lowest BCUT2D eigenvalue weighted by atomic mass is 9.81. The van der Waals surface area contributed by atoms with E-state index < -0.39 is 23.3 Å². The molecule has 0 saturated carbocycles. The number of benzene rings is 5. The van der Waals surface area contributed by atoms with Gasteiger partial charge in [-0.25, -0.2) is 13.8 Å². The second-order valence-corrected chi connectivity index (χ2v) is 12.7. The van der Waals surface area contributed by atoms with Crippen LogP contribution in [0.4, 0.5) is 8.78 Å². The van der Waals surface area contributed by atoms with Crippen LogP contribution >= 0.6 is 15.9 Å². The molecule has 0 bridgehead atoms. The Morgan fingerprint density at radius 3 is 2.20 bits per heavy atom. The normalized spacial score (nSPS) is 16.9. The Balaban J connectivity index is 1.38. The van der Waals surface area contributed by atoms with E-state index in [2.05, 4.69) is 21.2 Å². The molecule has 0 fully saturated rings. The molecule has 5 aromatic carbocycles. The van der Waals surface area contributed by atoms with Gasteiger partial charge in [-0.15, -0.1) is 0 Å². The van der Waals surface area contributed by atoms with Gasteiger partial charge < -0.3 is 19.9 Å². The number of ether oxygens (including phenoxy) is 2. The molecule has 1 aliphatic rings. The molecule has 9 heteroatoms. The fourth-order valence-corrected chi connectivity index (χ4v) is 6.35. The zero-order valence-corrected chi connectivity index (χ0v) is 28.2. The first-order valence-corrected chi connectivity index (χ1v) is 16.9. The number of carbonyl (C=O) groups excluding carboxylic acids is 1. The zero-order valence-electron chi connectivity index (χ0n) is 26.6. The molecule has 0 aliphatic carbocycles. The van der Waals surface area contributed by atoms with Gasteiger partial charge in [0.25, 0.3) is 5.91 Å². The lowest BCUT2D eigenvalue weighted by molar-refractivity contribution is -0.128. The highest BCUT2D eigenvalue weighted by Crippen LogP contribution is 2.44. The summed E-state index contributed by atoms with van der Waals surface area (Å²) in [6, 6.07) is 36.2. The Morgan fingerprint density at radius 1 is 0.857 bits per heavy atom. The third kappa shape index (κ3) is 8.07. The molecular weight excluding hydrogens is 690 g/mol. The van der Waals surface area contributed by atoms with Crippen LogP contribution in [0.2, 0.25) is 0 Å². The highest BCUT2D eigenvalue weighted by atomic mass is 79.9. The summed E-state index contributed by atoms with van der Waals surface area (Å²) >= 11 is 3.66. The van der Waals surface area contributed by atoms with Gasteiger partial charge in [0, 0.05) is 42.1 Å². The summed E-state index contributed by atoms with van der Waals surface area (Å²) in [6.45, 7) is 0.549. The predicted octanol–water partition coefficient (Wildman–Crippen LogP) is 8.01. The van der Waals surface area contributed by atoms with E-state index in [-0.39, 0.29) is 31.9 Å². The fraction of sp³-hybridized carbons (Fsp3) is 0.200. The quantitative estimate of drug-likeness (QED) is 0.121. The molecule has 250 valence electrons. The third-order valence-corrected chi connectivity index (χ3v) is 9.16. The van der Waals surface area contributed by atoms with Crippen LogP contribution in [0.1, 0.15) is 34.8 Å². The smallest absolute Gasteiger partial charge is 0.252 e. The summed E-state index contributed by atoms with van der Waals surface area (Å²) in [7, 11) is 0. The van der Waals surface area contributed by atoms with E-state index in [0.717, 1.165) is 32.8 Å². The van der Waals surface area contributed by atoms with Gasteiger partial charge in [0.05, 0.1) is 6.61 Å². The van der Waals surface area contributed by atoms with Crippen molar-refractivity contribution in [1.82, 2.24) is 5.32 Å². The summed E-state index contributed by atoms with van der Waals surface area (Å²) in [5.41, 5.74) is 3.34. The molecular formula is C40H35BrF2N2O4. The van der Waals surface area contributed by atoms with Crippen LogP contribution in [0.25, 0.3) is 11.1 Å². The molecule has 1 heterocycles. The number of aliphatic hydroxyl groups excluding tert-OH is 1. The molecule has 1 aliphatic heterocycles. The maximum Gasteiger partial charge on any atom is 0.252 e. The third-order valence-electron chi connectivity index (χ3n) is 8.39. The van der Waals surface area contributed by atoms with Gasteiger partial charge in [-0.1, -0.05) is 88.7 Å². The lowest BCUT2D eigenvalue weighted by Crippen LogP contribution is -2.50. The molecule has 0 spiro atoms. The Labute approximate surface area is 292 Å². The van der Waals surface area contributed by atoms with E-state index in [4.69, 9.17) is 19.6 Å². The van der Waals surface area contributed by atoms with E-state index in [1.165, 1.54) is 12.1 Å². The minimum absolute atomic E-state index is 0.0389. The first kappa shape index (κ1) is 34.0. The number of nitrogens with one attached hydrogen (secondary N) is 1. The van der Waals surface area contributed by atoms with E-state index in [9.17, 15) is 13.6 Å². The minimum Gasteiger partial charge on any atom is -0.494 e. The van der Waals surface area contributed by atoms with Gasteiger partial charge in [0.15, 0.2) is 11.6 Å².